The van der Waals surface area contributed by atoms with Gasteiger partial charge in [0.2, 0.25) is 5.43 Å². The molecule has 0 amide bonds. The number of carboxylic acid groups (broad SMARTS) is 1. The standard InChI is InChI=1S/C18H14Cl3N3O3/c1-3-23-9(2)15(24-8-11(19)7-22-24)17(25)14(18(26)27)16(23)10-4-5-12(20)13(21)6-10/h4-8H,3H2,1-2H3,(H,26,27). The van der Waals surface area contributed by atoms with Crippen molar-refractivity contribution in [3.8, 4) is 16.9 Å². The Morgan fingerprint density at radius 3 is 2.44 bits per heavy atom. The van der Waals surface area contributed by atoms with E-state index in [1.165, 1.54) is 17.1 Å². The third-order valence-electron chi connectivity index (χ3n) is 4.20. The molecule has 0 radical (unpaired) electrons. The molecule has 3 rings (SSSR count). The second-order valence-corrected chi connectivity index (χ2v) is 7.02. The van der Waals surface area contributed by atoms with E-state index < -0.39 is 11.4 Å². The quantitative estimate of drug-likeness (QED) is 0.656. The van der Waals surface area contributed by atoms with Gasteiger partial charge in [0.25, 0.3) is 0 Å². The van der Waals surface area contributed by atoms with Gasteiger partial charge < -0.3 is 9.67 Å². The van der Waals surface area contributed by atoms with E-state index in [1.54, 1.807) is 29.7 Å². The maximum Gasteiger partial charge on any atom is 0.341 e. The van der Waals surface area contributed by atoms with Gasteiger partial charge in [0, 0.05) is 24.0 Å². The highest BCUT2D eigenvalue weighted by Crippen LogP contribution is 2.31. The highest BCUT2D eigenvalue weighted by atomic mass is 35.5. The zero-order chi connectivity index (χ0) is 19.9. The first-order valence-electron chi connectivity index (χ1n) is 7.92. The Morgan fingerprint density at radius 1 is 1.22 bits per heavy atom. The normalized spacial score (nSPS) is 11.0. The third-order valence-corrected chi connectivity index (χ3v) is 5.13. The van der Waals surface area contributed by atoms with Gasteiger partial charge in [-0.15, -0.1) is 0 Å². The third kappa shape index (κ3) is 3.36. The Morgan fingerprint density at radius 2 is 1.93 bits per heavy atom. The van der Waals surface area contributed by atoms with Crippen molar-refractivity contribution in [3.63, 3.8) is 0 Å². The molecular weight excluding hydrogens is 413 g/mol. The van der Waals surface area contributed by atoms with Gasteiger partial charge in [0.1, 0.15) is 11.3 Å². The van der Waals surface area contributed by atoms with Crippen LogP contribution in [0.5, 0.6) is 0 Å². The Balaban J connectivity index is 2.45. The van der Waals surface area contributed by atoms with Gasteiger partial charge >= 0.3 is 5.97 Å². The van der Waals surface area contributed by atoms with E-state index in [0.717, 1.165) is 0 Å². The summed E-state index contributed by atoms with van der Waals surface area (Å²) in [7, 11) is 0. The zero-order valence-corrected chi connectivity index (χ0v) is 16.6. The van der Waals surface area contributed by atoms with Crippen LogP contribution in [-0.4, -0.2) is 25.4 Å². The predicted molar refractivity (Wildman–Crippen MR) is 106 cm³/mol. The molecule has 140 valence electrons. The number of carbonyl (C=O) groups is 1. The van der Waals surface area contributed by atoms with E-state index in [0.29, 0.717) is 27.8 Å². The monoisotopic (exact) mass is 425 g/mol. The maximum absolute atomic E-state index is 13.1. The van der Waals surface area contributed by atoms with Gasteiger partial charge in [-0.2, -0.15) is 5.10 Å². The van der Waals surface area contributed by atoms with Gasteiger partial charge in [-0.1, -0.05) is 40.9 Å². The molecule has 0 fully saturated rings. The van der Waals surface area contributed by atoms with Crippen molar-refractivity contribution in [3.05, 3.63) is 67.1 Å². The lowest BCUT2D eigenvalue weighted by atomic mass is 10.0. The van der Waals surface area contributed by atoms with Crippen LogP contribution in [0, 0.1) is 6.92 Å². The molecule has 0 unspecified atom stereocenters. The van der Waals surface area contributed by atoms with Crippen LogP contribution < -0.4 is 5.43 Å². The molecule has 9 heteroatoms. The minimum absolute atomic E-state index is 0.130. The summed E-state index contributed by atoms with van der Waals surface area (Å²) in [6.07, 6.45) is 2.83. The predicted octanol–water partition coefficient (Wildman–Crippen LogP) is 4.69. The summed E-state index contributed by atoms with van der Waals surface area (Å²) in [5.41, 5.74) is 0.383. The molecule has 0 aliphatic carbocycles. The van der Waals surface area contributed by atoms with Gasteiger partial charge in [-0.3, -0.25) is 4.79 Å². The molecule has 0 aliphatic rings. The van der Waals surface area contributed by atoms with E-state index in [4.69, 9.17) is 34.8 Å². The lowest BCUT2D eigenvalue weighted by Gasteiger charge is -2.21. The van der Waals surface area contributed by atoms with Gasteiger partial charge in [0.05, 0.1) is 27.0 Å². The van der Waals surface area contributed by atoms with Crippen molar-refractivity contribution in [1.82, 2.24) is 14.3 Å². The van der Waals surface area contributed by atoms with Crippen molar-refractivity contribution in [2.75, 3.05) is 0 Å². The van der Waals surface area contributed by atoms with Crippen molar-refractivity contribution < 1.29 is 9.90 Å². The summed E-state index contributed by atoms with van der Waals surface area (Å²) in [5, 5.41) is 14.8. The topological polar surface area (TPSA) is 77.1 Å². The number of rotatable bonds is 4. The van der Waals surface area contributed by atoms with Crippen LogP contribution in [0.3, 0.4) is 0 Å². The fourth-order valence-electron chi connectivity index (χ4n) is 3.05. The summed E-state index contributed by atoms with van der Waals surface area (Å²) >= 11 is 18.0. The van der Waals surface area contributed by atoms with Crippen LogP contribution in [0.25, 0.3) is 16.9 Å². The lowest BCUT2D eigenvalue weighted by molar-refractivity contribution is 0.0695. The van der Waals surface area contributed by atoms with E-state index in [-0.39, 0.29) is 22.0 Å². The molecule has 0 bridgehead atoms. The van der Waals surface area contributed by atoms with E-state index in [9.17, 15) is 14.7 Å². The SMILES string of the molecule is CCn1c(C)c(-n2cc(Cl)cn2)c(=O)c(C(=O)O)c1-c1ccc(Cl)c(Cl)c1. The van der Waals surface area contributed by atoms with Gasteiger partial charge in [0.15, 0.2) is 0 Å². The van der Waals surface area contributed by atoms with Crippen molar-refractivity contribution in [2.45, 2.75) is 20.4 Å². The Kier molecular flexibility index (Phi) is 5.33. The molecule has 27 heavy (non-hydrogen) atoms. The number of pyridine rings is 1. The molecule has 2 heterocycles. The van der Waals surface area contributed by atoms with Crippen LogP contribution in [0.2, 0.25) is 15.1 Å². The molecule has 0 atom stereocenters. The second-order valence-electron chi connectivity index (χ2n) is 5.77. The van der Waals surface area contributed by atoms with Crippen LogP contribution in [-0.2, 0) is 6.54 Å². The van der Waals surface area contributed by atoms with E-state index >= 15 is 0 Å². The molecule has 1 aromatic carbocycles. The molecule has 0 saturated carbocycles. The average molecular weight is 427 g/mol. The van der Waals surface area contributed by atoms with Crippen molar-refractivity contribution in [2.24, 2.45) is 0 Å². The second kappa shape index (κ2) is 7.38. The van der Waals surface area contributed by atoms with Crippen LogP contribution >= 0.6 is 34.8 Å². The number of nitrogens with zero attached hydrogens (tertiary/aromatic N) is 3. The first-order chi connectivity index (χ1) is 12.8. The summed E-state index contributed by atoms with van der Waals surface area (Å²) in [5.74, 6) is -1.34. The smallest absolute Gasteiger partial charge is 0.341 e. The van der Waals surface area contributed by atoms with E-state index in [1.807, 2.05) is 6.92 Å². The number of aromatic carboxylic acids is 1. The number of benzene rings is 1. The largest absolute Gasteiger partial charge is 0.477 e. The van der Waals surface area contributed by atoms with E-state index in [2.05, 4.69) is 5.10 Å². The maximum atomic E-state index is 13.1. The molecule has 0 saturated heterocycles. The highest BCUT2D eigenvalue weighted by Gasteiger charge is 2.26. The summed E-state index contributed by atoms with van der Waals surface area (Å²) in [6.45, 7) is 4.00. The first-order valence-corrected chi connectivity index (χ1v) is 9.06. The first kappa shape index (κ1) is 19.5. The number of hydrogen-bond acceptors (Lipinski definition) is 3. The highest BCUT2D eigenvalue weighted by molar-refractivity contribution is 6.42. The van der Waals surface area contributed by atoms with Crippen LogP contribution in [0.15, 0.2) is 35.4 Å². The number of carboxylic acids is 1. The van der Waals surface area contributed by atoms with Crippen molar-refractivity contribution in [1.29, 1.82) is 0 Å². The van der Waals surface area contributed by atoms with Gasteiger partial charge in [-0.05, 0) is 26.0 Å². The minimum atomic E-state index is -1.34. The average Bonchev–Trinajstić information content (AvgIpc) is 3.02. The number of halogens is 3. The van der Waals surface area contributed by atoms with Crippen molar-refractivity contribution >= 4 is 40.8 Å². The Labute approximate surface area is 169 Å². The molecular formula is C18H14Cl3N3O3. The molecule has 0 spiro atoms. The van der Waals surface area contributed by atoms with Crippen LogP contribution in [0.1, 0.15) is 23.0 Å². The zero-order valence-electron chi connectivity index (χ0n) is 14.3. The summed E-state index contributed by atoms with van der Waals surface area (Å²) < 4.78 is 3.02. The van der Waals surface area contributed by atoms with Gasteiger partial charge in [-0.25, -0.2) is 9.48 Å². The molecule has 1 N–H and O–H groups in total. The fourth-order valence-corrected chi connectivity index (χ4v) is 3.49. The Hall–Kier alpha value is -2.28. The lowest BCUT2D eigenvalue weighted by Crippen LogP contribution is -2.28. The molecule has 2 aromatic heterocycles. The summed E-state index contributed by atoms with van der Waals surface area (Å²) in [6, 6.07) is 4.73. The molecule has 6 nitrogen and oxygen atoms in total. The molecule has 0 aliphatic heterocycles. The number of aromatic nitrogens is 3. The fraction of sp³-hybridized carbons (Fsp3) is 0.167. The van der Waals surface area contributed by atoms with Crippen LogP contribution in [0.4, 0.5) is 0 Å². The summed E-state index contributed by atoms with van der Waals surface area (Å²) in [4.78, 5) is 25.1. The minimum Gasteiger partial charge on any atom is -0.477 e. The number of hydrogen-bond donors (Lipinski definition) is 1. The molecule has 3 aromatic rings. The Bertz CT molecular complexity index is 1120.